The minimum absolute atomic E-state index is 0.0798. The fourth-order valence-electron chi connectivity index (χ4n) is 2.47. The van der Waals surface area contributed by atoms with Crippen LogP contribution >= 0.6 is 0 Å². The molecule has 15 heavy (non-hydrogen) atoms. The predicted molar refractivity (Wildman–Crippen MR) is 58.2 cm³/mol. The summed E-state index contributed by atoms with van der Waals surface area (Å²) in [6, 6.07) is 0. The fourth-order valence-corrected chi connectivity index (χ4v) is 2.47. The first kappa shape index (κ1) is 10.9. The Morgan fingerprint density at radius 3 is 2.00 bits per heavy atom. The van der Waals surface area contributed by atoms with E-state index in [-0.39, 0.29) is 11.4 Å². The molecule has 3 nitrogen and oxygen atoms in total. The number of ether oxygens (including phenoxy) is 1. The molecule has 0 aromatic carbocycles. The van der Waals surface area contributed by atoms with E-state index in [0.717, 1.165) is 24.7 Å². The average molecular weight is 211 g/mol. The number of carbonyl (C=O) groups is 1. The third-order valence-electron chi connectivity index (χ3n) is 3.76. The lowest BCUT2D eigenvalue weighted by molar-refractivity contribution is -0.153. The Bertz CT molecular complexity index is 230. The first-order valence-electron chi connectivity index (χ1n) is 5.98. The molecule has 86 valence electrons. The number of methoxy groups -OCH3 is 1. The maximum absolute atomic E-state index is 11.9. The highest BCUT2D eigenvalue weighted by Gasteiger charge is 2.46. The normalized spacial score (nSPS) is 21.5. The highest BCUT2D eigenvalue weighted by molar-refractivity contribution is 5.77. The van der Waals surface area contributed by atoms with Crippen LogP contribution in [0.25, 0.3) is 0 Å². The third kappa shape index (κ3) is 2.51. The van der Waals surface area contributed by atoms with Crippen LogP contribution < -0.4 is 5.73 Å². The van der Waals surface area contributed by atoms with Crippen molar-refractivity contribution in [1.82, 2.24) is 0 Å². The molecule has 0 aliphatic heterocycles. The zero-order chi connectivity index (χ0) is 10.9. The van der Waals surface area contributed by atoms with Crippen molar-refractivity contribution in [2.75, 3.05) is 13.7 Å². The van der Waals surface area contributed by atoms with Crippen molar-refractivity contribution in [2.24, 2.45) is 23.0 Å². The van der Waals surface area contributed by atoms with Gasteiger partial charge in [0.2, 0.25) is 0 Å². The molecule has 0 bridgehead atoms. The van der Waals surface area contributed by atoms with Crippen molar-refractivity contribution in [3.63, 3.8) is 0 Å². The summed E-state index contributed by atoms with van der Waals surface area (Å²) in [7, 11) is 1.48. The number of carbonyl (C=O) groups excluding carboxylic acids is 1. The van der Waals surface area contributed by atoms with E-state index in [1.165, 1.54) is 32.8 Å². The van der Waals surface area contributed by atoms with Gasteiger partial charge < -0.3 is 10.5 Å². The van der Waals surface area contributed by atoms with Crippen LogP contribution in [-0.4, -0.2) is 19.6 Å². The van der Waals surface area contributed by atoms with Gasteiger partial charge in [0, 0.05) is 6.54 Å². The topological polar surface area (TPSA) is 52.3 Å². The number of rotatable bonds is 6. The molecule has 0 spiro atoms. The predicted octanol–water partition coefficient (Wildman–Crippen LogP) is 1.70. The van der Waals surface area contributed by atoms with E-state index >= 15 is 0 Å². The van der Waals surface area contributed by atoms with Crippen LogP contribution in [-0.2, 0) is 9.53 Å². The smallest absolute Gasteiger partial charge is 0.313 e. The molecule has 0 amide bonds. The monoisotopic (exact) mass is 211 g/mol. The molecule has 0 atom stereocenters. The summed E-state index contributed by atoms with van der Waals surface area (Å²) in [5, 5.41) is 0. The van der Waals surface area contributed by atoms with E-state index in [1.54, 1.807) is 0 Å². The van der Waals surface area contributed by atoms with Gasteiger partial charge in [0.1, 0.15) is 0 Å². The third-order valence-corrected chi connectivity index (χ3v) is 3.76. The molecule has 0 radical (unpaired) electrons. The maximum Gasteiger partial charge on any atom is 0.313 e. The minimum Gasteiger partial charge on any atom is -0.469 e. The lowest BCUT2D eigenvalue weighted by atomic mass is 9.77. The van der Waals surface area contributed by atoms with Crippen LogP contribution in [0.3, 0.4) is 0 Å². The van der Waals surface area contributed by atoms with E-state index in [9.17, 15) is 4.79 Å². The molecular formula is C12H21NO2. The van der Waals surface area contributed by atoms with Gasteiger partial charge in [0.05, 0.1) is 12.5 Å². The molecule has 0 aromatic heterocycles. The SMILES string of the molecule is COC(=O)C(CN)(CC1CC1)CC1CC1. The van der Waals surface area contributed by atoms with Crippen LogP contribution in [0.2, 0.25) is 0 Å². The number of hydrogen-bond acceptors (Lipinski definition) is 3. The van der Waals surface area contributed by atoms with Gasteiger partial charge in [0.25, 0.3) is 0 Å². The van der Waals surface area contributed by atoms with Crippen molar-refractivity contribution < 1.29 is 9.53 Å². The van der Waals surface area contributed by atoms with Crippen molar-refractivity contribution in [1.29, 1.82) is 0 Å². The van der Waals surface area contributed by atoms with Crippen LogP contribution in [0, 0.1) is 17.3 Å². The van der Waals surface area contributed by atoms with Crippen LogP contribution in [0.15, 0.2) is 0 Å². The molecule has 0 aromatic rings. The molecule has 2 N–H and O–H groups in total. The molecule has 3 heteroatoms. The van der Waals surface area contributed by atoms with Gasteiger partial charge in [-0.1, -0.05) is 25.7 Å². The Kier molecular flexibility index (Phi) is 3.01. The summed E-state index contributed by atoms with van der Waals surface area (Å²) in [5.41, 5.74) is 5.47. The minimum atomic E-state index is -0.364. The summed E-state index contributed by atoms with van der Waals surface area (Å²) in [6.45, 7) is 0.451. The molecule has 0 heterocycles. The van der Waals surface area contributed by atoms with E-state index < -0.39 is 0 Å². The number of esters is 1. The van der Waals surface area contributed by atoms with Crippen LogP contribution in [0.1, 0.15) is 38.5 Å². The molecule has 2 fully saturated rings. The standard InChI is InChI=1S/C12H21NO2/c1-15-11(14)12(8-13,6-9-2-3-9)7-10-4-5-10/h9-10H,2-8,13H2,1H3. The lowest BCUT2D eigenvalue weighted by Gasteiger charge is -2.29. The van der Waals surface area contributed by atoms with Gasteiger partial charge >= 0.3 is 5.97 Å². The summed E-state index contributed by atoms with van der Waals surface area (Å²) < 4.78 is 4.94. The van der Waals surface area contributed by atoms with E-state index in [2.05, 4.69) is 0 Å². The molecule has 0 unspecified atom stereocenters. The largest absolute Gasteiger partial charge is 0.469 e. The number of nitrogens with two attached hydrogens (primary N) is 1. The molecule has 2 aliphatic rings. The summed E-state index contributed by atoms with van der Waals surface area (Å²) in [5.74, 6) is 1.38. The average Bonchev–Trinajstić information content (AvgIpc) is 3.11. The summed E-state index contributed by atoms with van der Waals surface area (Å²) in [4.78, 5) is 11.9. The molecular weight excluding hydrogens is 190 g/mol. The fraction of sp³-hybridized carbons (Fsp3) is 0.917. The Hall–Kier alpha value is -0.570. The van der Waals surface area contributed by atoms with Crippen molar-refractivity contribution in [3.05, 3.63) is 0 Å². The van der Waals surface area contributed by atoms with Gasteiger partial charge in [0.15, 0.2) is 0 Å². The Morgan fingerprint density at radius 1 is 1.27 bits per heavy atom. The number of hydrogen-bond donors (Lipinski definition) is 1. The maximum atomic E-state index is 11.9. The Labute approximate surface area is 91.4 Å². The van der Waals surface area contributed by atoms with Crippen LogP contribution in [0.5, 0.6) is 0 Å². The van der Waals surface area contributed by atoms with Gasteiger partial charge in [-0.3, -0.25) is 4.79 Å². The molecule has 2 rings (SSSR count). The Balaban J connectivity index is 2.03. The van der Waals surface area contributed by atoms with Crippen molar-refractivity contribution >= 4 is 5.97 Å². The first-order chi connectivity index (χ1) is 7.20. The summed E-state index contributed by atoms with van der Waals surface area (Å²) >= 11 is 0. The van der Waals surface area contributed by atoms with E-state index in [4.69, 9.17) is 10.5 Å². The van der Waals surface area contributed by atoms with Gasteiger partial charge in [-0.25, -0.2) is 0 Å². The van der Waals surface area contributed by atoms with E-state index in [0.29, 0.717) is 6.54 Å². The molecule has 0 saturated heterocycles. The second-order valence-corrected chi connectivity index (χ2v) is 5.27. The summed E-state index contributed by atoms with van der Waals surface area (Å²) in [6.07, 6.45) is 6.97. The zero-order valence-corrected chi connectivity index (χ0v) is 9.50. The van der Waals surface area contributed by atoms with Gasteiger partial charge in [-0.15, -0.1) is 0 Å². The second-order valence-electron chi connectivity index (χ2n) is 5.27. The molecule has 2 saturated carbocycles. The van der Waals surface area contributed by atoms with Gasteiger partial charge in [-0.2, -0.15) is 0 Å². The van der Waals surface area contributed by atoms with Crippen molar-refractivity contribution in [2.45, 2.75) is 38.5 Å². The Morgan fingerprint density at radius 2 is 1.73 bits per heavy atom. The highest BCUT2D eigenvalue weighted by atomic mass is 16.5. The highest BCUT2D eigenvalue weighted by Crippen LogP contribution is 2.48. The lowest BCUT2D eigenvalue weighted by Crippen LogP contribution is -2.40. The van der Waals surface area contributed by atoms with E-state index in [1.807, 2.05) is 0 Å². The van der Waals surface area contributed by atoms with Crippen LogP contribution in [0.4, 0.5) is 0 Å². The quantitative estimate of drug-likeness (QED) is 0.680. The first-order valence-corrected chi connectivity index (χ1v) is 5.98. The molecule has 2 aliphatic carbocycles. The van der Waals surface area contributed by atoms with Gasteiger partial charge in [-0.05, 0) is 24.7 Å². The zero-order valence-electron chi connectivity index (χ0n) is 9.50. The van der Waals surface area contributed by atoms with Crippen molar-refractivity contribution in [3.8, 4) is 0 Å². The second kappa shape index (κ2) is 4.12.